The number of likely N-dealkylation sites (tertiary alicyclic amines) is 2. The minimum atomic E-state index is -0.743. The van der Waals surface area contributed by atoms with Crippen LogP contribution in [0.3, 0.4) is 0 Å². The maximum atomic E-state index is 13.2. The van der Waals surface area contributed by atoms with Crippen LogP contribution < -0.4 is 5.32 Å². The molecule has 4 amide bonds. The monoisotopic (exact) mass is 378 g/mol. The van der Waals surface area contributed by atoms with Gasteiger partial charge in [0, 0.05) is 38.6 Å². The molecule has 0 bridgehead atoms. The van der Waals surface area contributed by atoms with Crippen LogP contribution in [-0.4, -0.2) is 76.3 Å². The normalized spacial score (nSPS) is 26.4. The zero-order chi connectivity index (χ0) is 19.8. The van der Waals surface area contributed by atoms with Crippen molar-refractivity contribution in [2.45, 2.75) is 77.4 Å². The summed E-state index contributed by atoms with van der Waals surface area (Å²) in [7, 11) is 0. The van der Waals surface area contributed by atoms with Crippen molar-refractivity contribution in [2.75, 3.05) is 26.2 Å². The number of carbonyl (C=O) groups is 3. The molecule has 152 valence electrons. The number of hydrogen-bond acceptors (Lipinski definition) is 4. The molecule has 7 heteroatoms. The van der Waals surface area contributed by atoms with Gasteiger partial charge in [-0.2, -0.15) is 0 Å². The van der Waals surface area contributed by atoms with Gasteiger partial charge in [0.15, 0.2) is 0 Å². The Bertz CT molecular complexity index is 596. The summed E-state index contributed by atoms with van der Waals surface area (Å²) in [6, 6.07) is -0.0319. The van der Waals surface area contributed by atoms with Crippen molar-refractivity contribution in [3.8, 4) is 0 Å². The lowest BCUT2D eigenvalue weighted by Crippen LogP contribution is -2.57. The molecule has 0 aromatic heterocycles. The zero-order valence-electron chi connectivity index (χ0n) is 17.2. The summed E-state index contributed by atoms with van der Waals surface area (Å²) in [6.07, 6.45) is 3.45. The molecule has 1 N–H and O–H groups in total. The number of hydrogen-bond donors (Lipinski definition) is 1. The smallest absolute Gasteiger partial charge is 0.325 e. The Hall–Kier alpha value is -1.63. The summed E-state index contributed by atoms with van der Waals surface area (Å²) in [5.74, 6) is 0.352. The average molecular weight is 379 g/mol. The van der Waals surface area contributed by atoms with Gasteiger partial charge in [0.1, 0.15) is 5.54 Å². The van der Waals surface area contributed by atoms with Gasteiger partial charge in [-0.05, 0) is 45.4 Å². The van der Waals surface area contributed by atoms with Crippen molar-refractivity contribution in [3.05, 3.63) is 0 Å². The first-order valence-electron chi connectivity index (χ1n) is 10.4. The lowest BCUT2D eigenvalue weighted by Gasteiger charge is -2.40. The van der Waals surface area contributed by atoms with E-state index in [9.17, 15) is 14.4 Å². The van der Waals surface area contributed by atoms with Crippen LogP contribution in [-0.2, 0) is 9.59 Å². The van der Waals surface area contributed by atoms with Gasteiger partial charge in [-0.3, -0.25) is 14.5 Å². The molecule has 1 atom stereocenters. The van der Waals surface area contributed by atoms with E-state index in [1.54, 1.807) is 0 Å². The summed E-state index contributed by atoms with van der Waals surface area (Å²) in [4.78, 5) is 44.0. The second kappa shape index (κ2) is 7.78. The zero-order valence-corrected chi connectivity index (χ0v) is 17.2. The van der Waals surface area contributed by atoms with Crippen molar-refractivity contribution in [1.29, 1.82) is 0 Å². The van der Waals surface area contributed by atoms with Crippen LogP contribution in [0.1, 0.15) is 59.8 Å². The van der Waals surface area contributed by atoms with E-state index < -0.39 is 5.54 Å². The Balaban J connectivity index is 1.67. The molecule has 7 nitrogen and oxygen atoms in total. The number of piperidine rings is 2. The van der Waals surface area contributed by atoms with Crippen LogP contribution in [0.5, 0.6) is 0 Å². The second-order valence-electron chi connectivity index (χ2n) is 9.05. The Morgan fingerprint density at radius 3 is 2.41 bits per heavy atom. The molecule has 0 aliphatic carbocycles. The van der Waals surface area contributed by atoms with Crippen LogP contribution in [0, 0.1) is 5.92 Å². The number of nitrogens with one attached hydrogen (secondary N) is 1. The van der Waals surface area contributed by atoms with Gasteiger partial charge in [-0.25, -0.2) is 4.79 Å². The first-order valence-corrected chi connectivity index (χ1v) is 10.4. The minimum absolute atomic E-state index is 0.0842. The predicted molar refractivity (Wildman–Crippen MR) is 103 cm³/mol. The molecule has 0 aromatic rings. The molecule has 3 rings (SSSR count). The molecular weight excluding hydrogens is 344 g/mol. The van der Waals surface area contributed by atoms with Gasteiger partial charge in [-0.1, -0.05) is 13.8 Å². The fourth-order valence-electron chi connectivity index (χ4n) is 4.60. The standard InChI is InChI=1S/C20H34N4O3/c1-14(2)12-17(25)23-9-5-6-16(13-23)24-18(26)20(21-19(24)27)7-10-22(11-8-20)15(3)4/h14-16H,5-13H2,1-4H3,(H,21,27). The minimum Gasteiger partial charge on any atom is -0.341 e. The number of amides is 4. The molecule has 1 unspecified atom stereocenters. The highest BCUT2D eigenvalue weighted by Gasteiger charge is 2.54. The average Bonchev–Trinajstić information content (AvgIpc) is 2.85. The van der Waals surface area contributed by atoms with Gasteiger partial charge < -0.3 is 15.1 Å². The van der Waals surface area contributed by atoms with E-state index in [4.69, 9.17) is 0 Å². The third kappa shape index (κ3) is 3.98. The fourth-order valence-corrected chi connectivity index (χ4v) is 4.60. The molecule has 3 saturated heterocycles. The lowest BCUT2D eigenvalue weighted by molar-refractivity contribution is -0.139. The van der Waals surface area contributed by atoms with Gasteiger partial charge in [-0.15, -0.1) is 0 Å². The molecule has 3 aliphatic rings. The summed E-state index contributed by atoms with van der Waals surface area (Å²) >= 11 is 0. The highest BCUT2D eigenvalue weighted by molar-refractivity contribution is 6.07. The first-order chi connectivity index (χ1) is 12.7. The molecule has 0 radical (unpaired) electrons. The molecule has 0 aromatic carbocycles. The van der Waals surface area contributed by atoms with E-state index in [2.05, 4.69) is 24.1 Å². The molecule has 3 fully saturated rings. The summed E-state index contributed by atoms with van der Waals surface area (Å²) < 4.78 is 0. The highest BCUT2D eigenvalue weighted by atomic mass is 16.2. The maximum absolute atomic E-state index is 13.2. The van der Waals surface area contributed by atoms with Crippen LogP contribution in [0.25, 0.3) is 0 Å². The quantitative estimate of drug-likeness (QED) is 0.758. The van der Waals surface area contributed by atoms with Gasteiger partial charge in [0.05, 0.1) is 6.04 Å². The summed E-state index contributed by atoms with van der Waals surface area (Å²) in [6.45, 7) is 11.2. The Kier molecular flexibility index (Phi) is 5.79. The van der Waals surface area contributed by atoms with E-state index in [1.807, 2.05) is 18.7 Å². The summed E-state index contributed by atoms with van der Waals surface area (Å²) in [5, 5.41) is 3.01. The van der Waals surface area contributed by atoms with Crippen LogP contribution >= 0.6 is 0 Å². The highest BCUT2D eigenvalue weighted by Crippen LogP contribution is 2.33. The molecule has 0 saturated carbocycles. The molecule has 3 heterocycles. The number of carbonyl (C=O) groups excluding carboxylic acids is 3. The summed E-state index contributed by atoms with van der Waals surface area (Å²) in [5.41, 5.74) is -0.743. The van der Waals surface area contributed by atoms with Crippen molar-refractivity contribution in [2.24, 2.45) is 5.92 Å². The SMILES string of the molecule is CC(C)CC(=O)N1CCCC(N2C(=O)NC3(CCN(C(C)C)CC3)C2=O)C1. The van der Waals surface area contributed by atoms with Crippen LogP contribution in [0.15, 0.2) is 0 Å². The maximum Gasteiger partial charge on any atom is 0.325 e. The Labute approximate surface area is 162 Å². The predicted octanol–water partition coefficient (Wildman–Crippen LogP) is 1.82. The van der Waals surface area contributed by atoms with E-state index in [1.165, 1.54) is 4.90 Å². The van der Waals surface area contributed by atoms with Crippen molar-refractivity contribution < 1.29 is 14.4 Å². The molecule has 27 heavy (non-hydrogen) atoms. The van der Waals surface area contributed by atoms with Crippen molar-refractivity contribution in [1.82, 2.24) is 20.0 Å². The molecular formula is C20H34N4O3. The van der Waals surface area contributed by atoms with Gasteiger partial charge in [0.2, 0.25) is 5.91 Å². The van der Waals surface area contributed by atoms with E-state index >= 15 is 0 Å². The second-order valence-corrected chi connectivity index (χ2v) is 9.05. The number of imide groups is 1. The Morgan fingerprint density at radius 1 is 1.15 bits per heavy atom. The number of nitrogens with zero attached hydrogens (tertiary/aromatic N) is 3. The first kappa shape index (κ1) is 20.1. The van der Waals surface area contributed by atoms with E-state index in [0.29, 0.717) is 37.8 Å². The van der Waals surface area contributed by atoms with Gasteiger partial charge in [0.25, 0.3) is 5.91 Å². The van der Waals surface area contributed by atoms with E-state index in [-0.39, 0.29) is 23.9 Å². The van der Waals surface area contributed by atoms with Crippen LogP contribution in [0.2, 0.25) is 0 Å². The largest absolute Gasteiger partial charge is 0.341 e. The van der Waals surface area contributed by atoms with E-state index in [0.717, 1.165) is 32.5 Å². The third-order valence-corrected chi connectivity index (χ3v) is 6.27. The molecule has 1 spiro atoms. The van der Waals surface area contributed by atoms with Crippen molar-refractivity contribution in [3.63, 3.8) is 0 Å². The lowest BCUT2D eigenvalue weighted by atomic mass is 9.86. The van der Waals surface area contributed by atoms with Crippen LogP contribution in [0.4, 0.5) is 4.79 Å². The topological polar surface area (TPSA) is 73.0 Å². The number of urea groups is 1. The number of rotatable bonds is 4. The van der Waals surface area contributed by atoms with Crippen molar-refractivity contribution >= 4 is 17.8 Å². The molecule has 3 aliphatic heterocycles. The third-order valence-electron chi connectivity index (χ3n) is 6.27. The fraction of sp³-hybridized carbons (Fsp3) is 0.850. The van der Waals surface area contributed by atoms with Gasteiger partial charge >= 0.3 is 6.03 Å². The Morgan fingerprint density at radius 2 is 1.81 bits per heavy atom.